The fraction of sp³-hybridized carbons (Fsp3) is 0.300. The van der Waals surface area contributed by atoms with E-state index >= 15 is 0 Å². The molecule has 2 aromatic carbocycles. The second-order valence-electron chi connectivity index (χ2n) is 6.38. The molecular weight excluding hydrogens is 538 g/mol. The lowest BCUT2D eigenvalue weighted by molar-refractivity contribution is -0.384. The SMILES string of the molecule is CCCCCCOc1ccc(Br)cc1C(=O)NC(=S)Nc1ccc([N+](=O)[O-])cc1Br. The van der Waals surface area contributed by atoms with Crippen LogP contribution in [0.2, 0.25) is 0 Å². The standard InChI is InChI=1S/C20H21Br2N3O4S/c1-2-3-4-5-10-29-18-9-6-13(21)11-15(18)19(26)24-20(30)23-17-8-7-14(25(27)28)12-16(17)22/h6-9,11-12H,2-5,10H2,1H3,(H2,23,24,26,30). The van der Waals surface area contributed by atoms with Gasteiger partial charge in [-0.1, -0.05) is 42.1 Å². The largest absolute Gasteiger partial charge is 0.493 e. The van der Waals surface area contributed by atoms with Gasteiger partial charge in [-0.05, 0) is 58.8 Å². The lowest BCUT2D eigenvalue weighted by atomic mass is 10.2. The summed E-state index contributed by atoms with van der Waals surface area (Å²) in [6.07, 6.45) is 4.28. The van der Waals surface area contributed by atoms with E-state index in [0.717, 1.165) is 30.2 Å². The van der Waals surface area contributed by atoms with Crippen molar-refractivity contribution in [3.63, 3.8) is 0 Å². The van der Waals surface area contributed by atoms with E-state index in [9.17, 15) is 14.9 Å². The number of carbonyl (C=O) groups excluding carboxylic acids is 1. The number of non-ortho nitro benzene ring substituents is 1. The number of hydrogen-bond acceptors (Lipinski definition) is 5. The Bertz CT molecular complexity index is 940. The second-order valence-corrected chi connectivity index (χ2v) is 8.56. The van der Waals surface area contributed by atoms with Crippen molar-refractivity contribution >= 4 is 66.5 Å². The number of unbranched alkanes of at least 4 members (excludes halogenated alkanes) is 3. The first kappa shape index (κ1) is 24.2. The highest BCUT2D eigenvalue weighted by atomic mass is 79.9. The minimum Gasteiger partial charge on any atom is -0.493 e. The Morgan fingerprint density at radius 1 is 1.17 bits per heavy atom. The molecule has 10 heteroatoms. The third-order valence-corrected chi connectivity index (χ3v) is 5.43. The first-order valence-electron chi connectivity index (χ1n) is 9.30. The number of hydrogen-bond donors (Lipinski definition) is 2. The summed E-state index contributed by atoms with van der Waals surface area (Å²) in [7, 11) is 0. The molecule has 2 rings (SSSR count). The molecule has 0 unspecified atom stereocenters. The monoisotopic (exact) mass is 557 g/mol. The van der Waals surface area contributed by atoms with Crippen molar-refractivity contribution in [3.8, 4) is 5.75 Å². The molecule has 0 aliphatic heterocycles. The lowest BCUT2D eigenvalue weighted by Crippen LogP contribution is -2.34. The minimum absolute atomic E-state index is 0.0581. The van der Waals surface area contributed by atoms with Crippen molar-refractivity contribution in [2.24, 2.45) is 0 Å². The topological polar surface area (TPSA) is 93.5 Å². The highest BCUT2D eigenvalue weighted by molar-refractivity contribution is 9.10. The van der Waals surface area contributed by atoms with Crippen LogP contribution in [-0.4, -0.2) is 22.5 Å². The molecule has 2 N–H and O–H groups in total. The molecule has 0 spiro atoms. The van der Waals surface area contributed by atoms with E-state index < -0.39 is 10.8 Å². The molecule has 0 fully saturated rings. The molecule has 7 nitrogen and oxygen atoms in total. The number of benzene rings is 2. The molecule has 0 saturated heterocycles. The number of nitrogens with one attached hydrogen (secondary N) is 2. The van der Waals surface area contributed by atoms with Crippen molar-refractivity contribution in [2.45, 2.75) is 32.6 Å². The predicted molar refractivity (Wildman–Crippen MR) is 128 cm³/mol. The first-order valence-corrected chi connectivity index (χ1v) is 11.3. The van der Waals surface area contributed by atoms with Gasteiger partial charge >= 0.3 is 0 Å². The molecule has 0 heterocycles. The van der Waals surface area contributed by atoms with Crippen molar-refractivity contribution < 1.29 is 14.5 Å². The van der Waals surface area contributed by atoms with Gasteiger partial charge in [0.15, 0.2) is 5.11 Å². The molecule has 0 radical (unpaired) electrons. The Kier molecular flexibility index (Phi) is 9.67. The van der Waals surface area contributed by atoms with Gasteiger partial charge in [-0.2, -0.15) is 0 Å². The Morgan fingerprint density at radius 2 is 1.93 bits per heavy atom. The summed E-state index contributed by atoms with van der Waals surface area (Å²) in [6, 6.07) is 9.42. The van der Waals surface area contributed by atoms with Crippen molar-refractivity contribution in [3.05, 3.63) is 61.0 Å². The molecule has 0 saturated carbocycles. The van der Waals surface area contributed by atoms with Crippen LogP contribution in [0.4, 0.5) is 11.4 Å². The Hall–Kier alpha value is -2.04. The third kappa shape index (κ3) is 7.33. The maximum absolute atomic E-state index is 12.7. The predicted octanol–water partition coefficient (Wildman–Crippen LogP) is 6.21. The summed E-state index contributed by atoms with van der Waals surface area (Å²) in [5.41, 5.74) is 0.788. The van der Waals surface area contributed by atoms with E-state index in [0.29, 0.717) is 28.1 Å². The zero-order valence-electron chi connectivity index (χ0n) is 16.2. The molecular formula is C20H21Br2N3O4S. The molecule has 0 atom stereocenters. The maximum Gasteiger partial charge on any atom is 0.270 e. The van der Waals surface area contributed by atoms with Gasteiger partial charge in [-0.3, -0.25) is 20.2 Å². The van der Waals surface area contributed by atoms with Crippen LogP contribution >= 0.6 is 44.1 Å². The fourth-order valence-electron chi connectivity index (χ4n) is 2.56. The van der Waals surface area contributed by atoms with Crippen LogP contribution in [0.1, 0.15) is 43.0 Å². The second kappa shape index (κ2) is 12.0. The lowest BCUT2D eigenvalue weighted by Gasteiger charge is -2.14. The first-order chi connectivity index (χ1) is 14.3. The fourth-order valence-corrected chi connectivity index (χ4v) is 3.59. The number of nitrogens with zero attached hydrogens (tertiary/aromatic N) is 1. The zero-order valence-corrected chi connectivity index (χ0v) is 20.2. The van der Waals surface area contributed by atoms with Crippen molar-refractivity contribution in [1.82, 2.24) is 5.32 Å². The number of nitro benzene ring substituents is 1. The summed E-state index contributed by atoms with van der Waals surface area (Å²) < 4.78 is 6.99. The van der Waals surface area contributed by atoms with E-state index in [2.05, 4.69) is 49.4 Å². The number of rotatable bonds is 9. The maximum atomic E-state index is 12.7. The van der Waals surface area contributed by atoms with Crippen LogP contribution in [0.3, 0.4) is 0 Å². The molecule has 30 heavy (non-hydrogen) atoms. The minimum atomic E-state index is -0.494. The summed E-state index contributed by atoms with van der Waals surface area (Å²) >= 11 is 11.8. The van der Waals surface area contributed by atoms with Crippen LogP contribution in [0, 0.1) is 10.1 Å². The number of carbonyl (C=O) groups is 1. The van der Waals surface area contributed by atoms with Crippen molar-refractivity contribution in [1.29, 1.82) is 0 Å². The van der Waals surface area contributed by atoms with E-state index in [1.807, 2.05) is 6.07 Å². The van der Waals surface area contributed by atoms with Crippen LogP contribution in [-0.2, 0) is 0 Å². The summed E-state index contributed by atoms with van der Waals surface area (Å²) in [6.45, 7) is 2.67. The van der Waals surface area contributed by atoms with Crippen molar-refractivity contribution in [2.75, 3.05) is 11.9 Å². The molecule has 2 aromatic rings. The van der Waals surface area contributed by atoms with Crippen LogP contribution in [0.15, 0.2) is 45.3 Å². The number of nitro groups is 1. The van der Waals surface area contributed by atoms with Crippen LogP contribution < -0.4 is 15.4 Å². The molecule has 0 aliphatic carbocycles. The Morgan fingerprint density at radius 3 is 2.60 bits per heavy atom. The number of amides is 1. The van der Waals surface area contributed by atoms with Gasteiger partial charge in [-0.15, -0.1) is 0 Å². The summed E-state index contributed by atoms with van der Waals surface area (Å²) in [4.78, 5) is 23.1. The number of halogens is 2. The summed E-state index contributed by atoms with van der Waals surface area (Å²) in [5.74, 6) is 0.0573. The van der Waals surface area contributed by atoms with Gasteiger partial charge in [0.2, 0.25) is 0 Å². The molecule has 0 aliphatic rings. The number of anilines is 1. The zero-order chi connectivity index (χ0) is 22.1. The summed E-state index contributed by atoms with van der Waals surface area (Å²) in [5, 5.41) is 16.4. The molecule has 1 amide bonds. The number of ether oxygens (including phenoxy) is 1. The molecule has 160 valence electrons. The van der Waals surface area contributed by atoms with E-state index in [-0.39, 0.29) is 10.8 Å². The average Bonchev–Trinajstić information content (AvgIpc) is 2.70. The van der Waals surface area contributed by atoms with Crippen LogP contribution in [0.25, 0.3) is 0 Å². The quantitative estimate of drug-likeness (QED) is 0.164. The molecule has 0 aromatic heterocycles. The average molecular weight is 559 g/mol. The third-order valence-electron chi connectivity index (χ3n) is 4.08. The van der Waals surface area contributed by atoms with Gasteiger partial charge in [-0.25, -0.2) is 0 Å². The normalized spacial score (nSPS) is 10.4. The van der Waals surface area contributed by atoms with Gasteiger partial charge in [0.05, 0.1) is 22.8 Å². The van der Waals surface area contributed by atoms with Gasteiger partial charge in [0, 0.05) is 21.1 Å². The van der Waals surface area contributed by atoms with Gasteiger partial charge in [0.1, 0.15) is 5.75 Å². The molecule has 0 bridgehead atoms. The number of thiocarbonyl (C=S) groups is 1. The van der Waals surface area contributed by atoms with E-state index in [1.54, 1.807) is 12.1 Å². The van der Waals surface area contributed by atoms with Gasteiger partial charge in [0.25, 0.3) is 11.6 Å². The van der Waals surface area contributed by atoms with Gasteiger partial charge < -0.3 is 10.1 Å². The Labute approximate surface area is 197 Å². The highest BCUT2D eigenvalue weighted by Gasteiger charge is 2.16. The van der Waals surface area contributed by atoms with E-state index in [4.69, 9.17) is 17.0 Å². The van der Waals surface area contributed by atoms with Crippen LogP contribution in [0.5, 0.6) is 5.75 Å². The smallest absolute Gasteiger partial charge is 0.270 e. The van der Waals surface area contributed by atoms with E-state index in [1.165, 1.54) is 18.2 Å². The highest BCUT2D eigenvalue weighted by Crippen LogP contribution is 2.27. The Balaban J connectivity index is 2.03.